The second-order valence-electron chi connectivity index (χ2n) is 7.75. The molecule has 4 aromatic rings. The summed E-state index contributed by atoms with van der Waals surface area (Å²) >= 11 is 1.43. The molecule has 0 radical (unpaired) electrons. The van der Waals surface area contributed by atoms with E-state index in [4.69, 9.17) is 8.37 Å². The van der Waals surface area contributed by atoms with E-state index in [1.54, 1.807) is 72.8 Å². The standard InChI is InChI=1S/C26H22O6S3/c1-19-3-15-25(16-4-19)34(27,28)31-21-7-11-23(12-8-21)33-24-13-9-22(10-14-24)32-35(29,30)26-17-5-20(2)6-18-26/h3-18H,1-2H3. The highest BCUT2D eigenvalue weighted by Crippen LogP contribution is 2.31. The Bertz CT molecular complexity index is 1390. The second-order valence-corrected chi connectivity index (χ2v) is 12.0. The van der Waals surface area contributed by atoms with Gasteiger partial charge < -0.3 is 8.37 Å². The van der Waals surface area contributed by atoms with E-state index in [-0.39, 0.29) is 21.3 Å². The van der Waals surface area contributed by atoms with Gasteiger partial charge in [0.2, 0.25) is 0 Å². The predicted octanol–water partition coefficient (Wildman–Crippen LogP) is 5.99. The molecule has 0 saturated heterocycles. The van der Waals surface area contributed by atoms with Crippen LogP contribution in [0, 0.1) is 13.8 Å². The number of hydrogen-bond acceptors (Lipinski definition) is 7. The molecule has 0 heterocycles. The molecular weight excluding hydrogens is 504 g/mol. The maximum Gasteiger partial charge on any atom is 0.339 e. The molecule has 0 aromatic heterocycles. The highest BCUT2D eigenvalue weighted by molar-refractivity contribution is 7.99. The first-order valence-electron chi connectivity index (χ1n) is 10.5. The predicted molar refractivity (Wildman–Crippen MR) is 135 cm³/mol. The van der Waals surface area contributed by atoms with Crippen LogP contribution in [0.15, 0.2) is 117 Å². The summed E-state index contributed by atoms with van der Waals surface area (Å²) in [6.07, 6.45) is 0. The Morgan fingerprint density at radius 1 is 0.486 bits per heavy atom. The quantitative estimate of drug-likeness (QED) is 0.261. The van der Waals surface area contributed by atoms with E-state index in [0.29, 0.717) is 0 Å². The zero-order valence-electron chi connectivity index (χ0n) is 18.9. The topological polar surface area (TPSA) is 86.7 Å². The van der Waals surface area contributed by atoms with Gasteiger partial charge in [-0.15, -0.1) is 0 Å². The van der Waals surface area contributed by atoms with Gasteiger partial charge in [0.05, 0.1) is 0 Å². The normalized spacial score (nSPS) is 11.7. The molecule has 9 heteroatoms. The summed E-state index contributed by atoms with van der Waals surface area (Å²) in [5.41, 5.74) is 1.91. The van der Waals surface area contributed by atoms with E-state index >= 15 is 0 Å². The van der Waals surface area contributed by atoms with Crippen molar-refractivity contribution in [1.82, 2.24) is 0 Å². The van der Waals surface area contributed by atoms with Crippen molar-refractivity contribution >= 4 is 32.0 Å². The monoisotopic (exact) mass is 526 g/mol. The lowest BCUT2D eigenvalue weighted by Gasteiger charge is -2.09. The Balaban J connectivity index is 1.39. The molecule has 0 saturated carbocycles. The van der Waals surface area contributed by atoms with Gasteiger partial charge in [-0.25, -0.2) is 0 Å². The van der Waals surface area contributed by atoms with E-state index in [9.17, 15) is 16.8 Å². The SMILES string of the molecule is Cc1ccc(S(=O)(=O)Oc2ccc(Sc3ccc(OS(=O)(=O)c4ccc(C)cc4)cc3)cc2)cc1. The van der Waals surface area contributed by atoms with Crippen LogP contribution in [0.1, 0.15) is 11.1 Å². The second kappa shape index (κ2) is 10.2. The first-order chi connectivity index (χ1) is 16.6. The summed E-state index contributed by atoms with van der Waals surface area (Å²) in [6, 6.07) is 26.2. The van der Waals surface area contributed by atoms with Crippen LogP contribution in [-0.2, 0) is 20.2 Å². The first kappa shape index (κ1) is 24.8. The number of aryl methyl sites for hydroxylation is 2. The molecule has 0 aliphatic carbocycles. The van der Waals surface area contributed by atoms with Gasteiger partial charge in [-0.3, -0.25) is 0 Å². The van der Waals surface area contributed by atoms with Gasteiger partial charge in [-0.2, -0.15) is 16.8 Å². The summed E-state index contributed by atoms with van der Waals surface area (Å²) in [5, 5.41) is 0. The molecule has 0 atom stereocenters. The third-order valence-electron chi connectivity index (χ3n) is 4.91. The minimum absolute atomic E-state index is 0.0910. The van der Waals surface area contributed by atoms with Crippen LogP contribution >= 0.6 is 11.8 Å². The lowest BCUT2D eigenvalue weighted by molar-refractivity contribution is 0.484. The zero-order valence-corrected chi connectivity index (χ0v) is 21.4. The summed E-state index contributed by atoms with van der Waals surface area (Å²) in [5.74, 6) is 0.417. The molecule has 0 unspecified atom stereocenters. The van der Waals surface area contributed by atoms with Gasteiger partial charge in [0.1, 0.15) is 21.3 Å². The molecule has 0 spiro atoms. The van der Waals surface area contributed by atoms with E-state index < -0.39 is 20.2 Å². The van der Waals surface area contributed by atoms with Crippen molar-refractivity contribution in [1.29, 1.82) is 0 Å². The third-order valence-corrected chi connectivity index (χ3v) is 8.45. The van der Waals surface area contributed by atoms with Crippen LogP contribution in [0.3, 0.4) is 0 Å². The fraction of sp³-hybridized carbons (Fsp3) is 0.0769. The van der Waals surface area contributed by atoms with Crippen molar-refractivity contribution in [2.75, 3.05) is 0 Å². The van der Waals surface area contributed by atoms with Crippen LogP contribution in [0.5, 0.6) is 11.5 Å². The Labute approximate surface area is 209 Å². The lowest BCUT2D eigenvalue weighted by atomic mass is 10.2. The molecule has 35 heavy (non-hydrogen) atoms. The van der Waals surface area contributed by atoms with Crippen LogP contribution in [0.25, 0.3) is 0 Å². The van der Waals surface area contributed by atoms with E-state index in [2.05, 4.69) is 0 Å². The number of rotatable bonds is 8. The third kappa shape index (κ3) is 6.45. The van der Waals surface area contributed by atoms with Crippen molar-refractivity contribution < 1.29 is 25.2 Å². The number of hydrogen-bond donors (Lipinski definition) is 0. The number of benzene rings is 4. The molecule has 0 amide bonds. The average molecular weight is 527 g/mol. The molecule has 0 bridgehead atoms. The average Bonchev–Trinajstić information content (AvgIpc) is 2.82. The molecule has 0 aliphatic heterocycles. The van der Waals surface area contributed by atoms with Crippen LogP contribution in [-0.4, -0.2) is 16.8 Å². The molecule has 4 aromatic carbocycles. The molecule has 0 aliphatic rings. The lowest BCUT2D eigenvalue weighted by Crippen LogP contribution is -2.09. The van der Waals surface area contributed by atoms with Crippen molar-refractivity contribution in [2.24, 2.45) is 0 Å². The highest BCUT2D eigenvalue weighted by Gasteiger charge is 2.17. The molecule has 0 N–H and O–H groups in total. The Morgan fingerprint density at radius 2 is 0.800 bits per heavy atom. The van der Waals surface area contributed by atoms with Crippen LogP contribution < -0.4 is 8.37 Å². The molecule has 0 fully saturated rings. The van der Waals surface area contributed by atoms with Gasteiger partial charge in [0, 0.05) is 9.79 Å². The summed E-state index contributed by atoms with van der Waals surface area (Å²) in [7, 11) is -7.83. The van der Waals surface area contributed by atoms with Crippen LogP contribution in [0.4, 0.5) is 0 Å². The van der Waals surface area contributed by atoms with Crippen molar-refractivity contribution in [3.63, 3.8) is 0 Å². The minimum atomic E-state index is -3.91. The minimum Gasteiger partial charge on any atom is -0.379 e. The van der Waals surface area contributed by atoms with Crippen molar-refractivity contribution in [3.8, 4) is 11.5 Å². The summed E-state index contributed by atoms with van der Waals surface area (Å²) in [4.78, 5) is 1.89. The largest absolute Gasteiger partial charge is 0.379 e. The first-order valence-corrected chi connectivity index (χ1v) is 14.1. The zero-order chi connectivity index (χ0) is 25.1. The van der Waals surface area contributed by atoms with Crippen molar-refractivity contribution in [2.45, 2.75) is 33.4 Å². The Kier molecular flexibility index (Phi) is 7.20. The van der Waals surface area contributed by atoms with E-state index in [1.165, 1.54) is 36.0 Å². The van der Waals surface area contributed by atoms with E-state index in [1.807, 2.05) is 13.8 Å². The summed E-state index contributed by atoms with van der Waals surface area (Å²) in [6.45, 7) is 3.75. The smallest absolute Gasteiger partial charge is 0.339 e. The maximum absolute atomic E-state index is 12.4. The fourth-order valence-corrected chi connectivity index (χ4v) is 5.70. The molecule has 6 nitrogen and oxygen atoms in total. The van der Waals surface area contributed by atoms with Crippen molar-refractivity contribution in [3.05, 3.63) is 108 Å². The molecule has 180 valence electrons. The van der Waals surface area contributed by atoms with Crippen LogP contribution in [0.2, 0.25) is 0 Å². The van der Waals surface area contributed by atoms with Gasteiger partial charge in [0.25, 0.3) is 0 Å². The Hall–Kier alpha value is -3.27. The van der Waals surface area contributed by atoms with Gasteiger partial charge in [0.15, 0.2) is 0 Å². The van der Waals surface area contributed by atoms with Gasteiger partial charge >= 0.3 is 20.2 Å². The Morgan fingerprint density at radius 3 is 1.11 bits per heavy atom. The van der Waals surface area contributed by atoms with Gasteiger partial charge in [-0.05, 0) is 86.6 Å². The molecular formula is C26H22O6S3. The summed E-state index contributed by atoms with van der Waals surface area (Å²) < 4.78 is 60.2. The molecule has 4 rings (SSSR count). The highest BCUT2D eigenvalue weighted by atomic mass is 32.2. The van der Waals surface area contributed by atoms with E-state index in [0.717, 1.165) is 20.9 Å². The maximum atomic E-state index is 12.4. The van der Waals surface area contributed by atoms with Gasteiger partial charge in [-0.1, -0.05) is 47.2 Å². The fourth-order valence-electron chi connectivity index (χ4n) is 3.02.